The van der Waals surface area contributed by atoms with Gasteiger partial charge in [-0.05, 0) is 57.5 Å². The summed E-state index contributed by atoms with van der Waals surface area (Å²) in [7, 11) is -1.37. The molecule has 4 aromatic rings. The molecule has 1 saturated carbocycles. The summed E-state index contributed by atoms with van der Waals surface area (Å²) < 4.78 is 46.2. The predicted molar refractivity (Wildman–Crippen MR) is 230 cm³/mol. The molecule has 0 radical (unpaired) electrons. The Morgan fingerprint density at radius 1 is 1.00 bits per heavy atom. The minimum absolute atomic E-state index is 0.0327. The number of carbonyl (C=O) groups excluding carboxylic acids is 5. The van der Waals surface area contributed by atoms with Crippen LogP contribution in [0, 0.1) is 5.92 Å². The summed E-state index contributed by atoms with van der Waals surface area (Å²) in [4.78, 5) is 76.1. The van der Waals surface area contributed by atoms with E-state index in [-0.39, 0.29) is 30.8 Å². The number of fused-ring (bicyclic) bond motifs is 1. The van der Waals surface area contributed by atoms with Gasteiger partial charge in [0.2, 0.25) is 17.7 Å². The maximum absolute atomic E-state index is 14.8. The van der Waals surface area contributed by atoms with Gasteiger partial charge in [-0.15, -0.1) is 6.58 Å². The third kappa shape index (κ3) is 10.1. The van der Waals surface area contributed by atoms with Gasteiger partial charge in [-0.1, -0.05) is 61.2 Å². The van der Waals surface area contributed by atoms with Crippen LogP contribution in [0.5, 0.6) is 11.5 Å². The molecule has 0 spiro atoms. The van der Waals surface area contributed by atoms with Crippen LogP contribution in [0.2, 0.25) is 0 Å². The number of hydrogen-bond donors (Lipinski definition) is 3. The van der Waals surface area contributed by atoms with E-state index < -0.39 is 75.0 Å². The number of aromatic nitrogens is 1. The van der Waals surface area contributed by atoms with Crippen molar-refractivity contribution < 1.29 is 46.6 Å². The fourth-order valence-corrected chi connectivity index (χ4v) is 8.34. The Balaban J connectivity index is 1.36. The van der Waals surface area contributed by atoms with Gasteiger partial charge in [0.05, 0.1) is 36.3 Å². The SMILES string of the molecule is C=CC(=O)N(C)CC(NC(=O)OC(C)(C)C)C(=O)N1C[C@H](Oc2cc(-c3ccccc3)nc3cc(OC)ccc23)C[C@H]1C(=O)N[C@]1(C(=O)NS(=O)(=O)c2ccccc2)C[C@H]1C=C. The van der Waals surface area contributed by atoms with Crippen LogP contribution in [0.1, 0.15) is 33.6 Å². The topological polar surface area (TPSA) is 203 Å². The molecule has 2 aliphatic rings. The Morgan fingerprint density at radius 3 is 2.29 bits per heavy atom. The van der Waals surface area contributed by atoms with E-state index in [4.69, 9.17) is 19.2 Å². The van der Waals surface area contributed by atoms with Crippen LogP contribution in [-0.4, -0.2) is 109 Å². The zero-order valence-corrected chi connectivity index (χ0v) is 35.9. The number of pyridine rings is 1. The van der Waals surface area contributed by atoms with Crippen molar-refractivity contribution in [1.29, 1.82) is 0 Å². The molecular weight excluding hydrogens is 817 g/mol. The lowest BCUT2D eigenvalue weighted by Crippen LogP contribution is -2.59. The number of alkyl carbamates (subject to hydrolysis) is 1. The summed E-state index contributed by atoms with van der Waals surface area (Å²) in [6.45, 7) is 11.7. The van der Waals surface area contributed by atoms with Crippen molar-refractivity contribution in [2.24, 2.45) is 5.92 Å². The molecule has 1 aromatic heterocycles. The number of nitrogens with one attached hydrogen (secondary N) is 3. The smallest absolute Gasteiger partial charge is 0.408 e. The van der Waals surface area contributed by atoms with Crippen molar-refractivity contribution in [2.45, 2.75) is 67.8 Å². The number of amides is 5. The predicted octanol–water partition coefficient (Wildman–Crippen LogP) is 4.36. The molecule has 3 N–H and O–H groups in total. The monoisotopic (exact) mass is 866 g/mol. The Bertz CT molecular complexity index is 2490. The van der Waals surface area contributed by atoms with Crippen molar-refractivity contribution in [3.05, 3.63) is 110 Å². The Kier molecular flexibility index (Phi) is 13.1. The maximum Gasteiger partial charge on any atom is 0.408 e. The lowest BCUT2D eigenvalue weighted by Gasteiger charge is -2.31. The number of ether oxygens (including phenoxy) is 3. The summed E-state index contributed by atoms with van der Waals surface area (Å²) in [6.07, 6.45) is 0.635. The van der Waals surface area contributed by atoms with E-state index in [1.165, 1.54) is 47.2 Å². The van der Waals surface area contributed by atoms with Gasteiger partial charge in [0.25, 0.3) is 15.9 Å². The van der Waals surface area contributed by atoms with Gasteiger partial charge in [-0.2, -0.15) is 0 Å². The van der Waals surface area contributed by atoms with Crippen LogP contribution in [0.3, 0.4) is 0 Å². The van der Waals surface area contributed by atoms with E-state index in [0.29, 0.717) is 28.1 Å². The summed E-state index contributed by atoms with van der Waals surface area (Å²) in [5.41, 5.74) is -0.721. The van der Waals surface area contributed by atoms with Crippen molar-refractivity contribution in [2.75, 3.05) is 27.2 Å². The lowest BCUT2D eigenvalue weighted by atomic mass is 10.1. The second-order valence-electron chi connectivity index (χ2n) is 16.1. The highest BCUT2D eigenvalue weighted by Crippen LogP contribution is 2.45. The molecule has 5 atom stereocenters. The van der Waals surface area contributed by atoms with Gasteiger partial charge >= 0.3 is 6.09 Å². The number of carbonyl (C=O) groups is 5. The van der Waals surface area contributed by atoms with Crippen LogP contribution >= 0.6 is 0 Å². The first-order valence-electron chi connectivity index (χ1n) is 19.8. The van der Waals surface area contributed by atoms with Gasteiger partial charge in [-0.3, -0.25) is 19.2 Å². The van der Waals surface area contributed by atoms with E-state index in [1.807, 2.05) is 30.3 Å². The first kappa shape index (κ1) is 44.8. The van der Waals surface area contributed by atoms with Crippen LogP contribution < -0.4 is 24.8 Å². The highest BCUT2D eigenvalue weighted by molar-refractivity contribution is 7.90. The number of sulfonamides is 1. The van der Waals surface area contributed by atoms with Crippen molar-refractivity contribution in [3.63, 3.8) is 0 Å². The second kappa shape index (κ2) is 18.1. The molecule has 1 aliphatic carbocycles. The number of benzene rings is 3. The molecule has 17 heteroatoms. The zero-order chi connectivity index (χ0) is 45.0. The summed E-state index contributed by atoms with van der Waals surface area (Å²) in [6, 6.07) is 21.0. The van der Waals surface area contributed by atoms with Gasteiger partial charge < -0.3 is 34.6 Å². The lowest BCUT2D eigenvalue weighted by molar-refractivity contribution is -0.141. The molecule has 16 nitrogen and oxygen atoms in total. The third-order valence-electron chi connectivity index (χ3n) is 10.5. The van der Waals surface area contributed by atoms with Crippen LogP contribution in [0.4, 0.5) is 4.79 Å². The molecule has 3 aromatic carbocycles. The summed E-state index contributed by atoms with van der Waals surface area (Å²) in [5.74, 6) is -2.76. The zero-order valence-electron chi connectivity index (χ0n) is 35.1. The molecule has 2 heterocycles. The summed E-state index contributed by atoms with van der Waals surface area (Å²) >= 11 is 0. The number of likely N-dealkylation sites (tertiary alicyclic amines) is 1. The average molecular weight is 867 g/mol. The molecule has 1 saturated heterocycles. The van der Waals surface area contributed by atoms with Gasteiger partial charge in [0.15, 0.2) is 0 Å². The Hall–Kier alpha value is -6.75. The maximum atomic E-state index is 14.8. The van der Waals surface area contributed by atoms with Gasteiger partial charge in [0, 0.05) is 42.5 Å². The first-order valence-corrected chi connectivity index (χ1v) is 21.3. The number of rotatable bonds is 15. The highest BCUT2D eigenvalue weighted by atomic mass is 32.2. The number of methoxy groups -OCH3 is 1. The number of likely N-dealkylation sites (N-methyl/N-ethyl adjacent to an activating group) is 1. The quantitative estimate of drug-likeness (QED) is 0.113. The largest absolute Gasteiger partial charge is 0.497 e. The molecule has 62 heavy (non-hydrogen) atoms. The van der Waals surface area contributed by atoms with Gasteiger partial charge in [0.1, 0.15) is 40.8 Å². The fraction of sp³-hybridized carbons (Fsp3) is 0.333. The Labute approximate surface area is 360 Å². The van der Waals surface area contributed by atoms with Crippen LogP contribution in [-0.2, 0) is 33.9 Å². The van der Waals surface area contributed by atoms with Crippen molar-refractivity contribution in [3.8, 4) is 22.8 Å². The minimum Gasteiger partial charge on any atom is -0.497 e. The third-order valence-corrected chi connectivity index (χ3v) is 11.9. The van der Waals surface area contributed by atoms with E-state index in [0.717, 1.165) is 11.6 Å². The van der Waals surface area contributed by atoms with E-state index in [2.05, 4.69) is 28.5 Å². The standard InChI is InChI=1S/C45H50N6O10S/c1-8-29-25-45(29,42(55)49-62(57,58)32-18-14-11-15-19-32)48-40(53)37-23-31(26-51(37)41(54)36(27-50(6)39(52)9-2)47-43(56)61-44(3,4)5)60-38-24-34(28-16-12-10-13-17-28)46-35-22-30(59-7)20-21-33(35)38/h8-22,24,29,31,36-37H,1-2,23,25-27H2,3-7H3,(H,47,56)(H,48,53)(H,49,55)/t29-,31-,36?,37+,45-/m1/s1. The molecule has 2 fully saturated rings. The molecule has 326 valence electrons. The van der Waals surface area contributed by atoms with E-state index in [9.17, 15) is 32.4 Å². The van der Waals surface area contributed by atoms with Crippen LogP contribution in [0.25, 0.3) is 22.2 Å². The van der Waals surface area contributed by atoms with Crippen molar-refractivity contribution >= 4 is 50.6 Å². The minimum atomic E-state index is -4.33. The molecule has 0 bridgehead atoms. The molecule has 1 aliphatic heterocycles. The van der Waals surface area contributed by atoms with E-state index >= 15 is 0 Å². The number of hydrogen-bond acceptors (Lipinski definition) is 11. The molecule has 6 rings (SSSR count). The van der Waals surface area contributed by atoms with Crippen molar-refractivity contribution in [1.82, 2.24) is 30.1 Å². The van der Waals surface area contributed by atoms with Gasteiger partial charge in [-0.25, -0.2) is 22.9 Å². The van der Waals surface area contributed by atoms with E-state index in [1.54, 1.807) is 58.2 Å². The molecular formula is C45H50N6O10S. The highest BCUT2D eigenvalue weighted by Gasteiger charge is 2.61. The average Bonchev–Trinajstić information content (AvgIpc) is 3.81. The molecule has 5 amide bonds. The fourth-order valence-electron chi connectivity index (χ4n) is 7.28. The van der Waals surface area contributed by atoms with Crippen LogP contribution in [0.15, 0.2) is 115 Å². The normalized spacial score (nSPS) is 20.0. The second-order valence-corrected chi connectivity index (χ2v) is 17.8. The summed E-state index contributed by atoms with van der Waals surface area (Å²) in [5, 5.41) is 5.94. The Morgan fingerprint density at radius 2 is 1.68 bits per heavy atom. The first-order chi connectivity index (χ1) is 29.4. The molecule has 1 unspecified atom stereocenters. The number of nitrogens with zero attached hydrogens (tertiary/aromatic N) is 3.